The van der Waals surface area contributed by atoms with E-state index >= 15 is 0 Å². The maximum absolute atomic E-state index is 12.4. The molecule has 0 spiro atoms. The molecule has 0 aliphatic heterocycles. The van der Waals surface area contributed by atoms with Gasteiger partial charge in [-0.25, -0.2) is 0 Å². The SMILES string of the molecule is CCOc1cc(/C=C/C(=O)N(C)Cc2cccc(Cl)c2Cl)ccc1OC. The summed E-state index contributed by atoms with van der Waals surface area (Å²) in [5, 5.41) is 0.941. The van der Waals surface area contributed by atoms with Crippen molar-refractivity contribution in [3.05, 3.63) is 63.6 Å². The second-order valence-electron chi connectivity index (χ2n) is 5.58. The van der Waals surface area contributed by atoms with Crippen LogP contribution in [0.4, 0.5) is 0 Å². The zero-order valence-corrected chi connectivity index (χ0v) is 16.5. The summed E-state index contributed by atoms with van der Waals surface area (Å²) in [4.78, 5) is 13.9. The third-order valence-corrected chi connectivity index (χ3v) is 4.58. The van der Waals surface area contributed by atoms with Crippen molar-refractivity contribution in [1.82, 2.24) is 4.90 Å². The Hall–Kier alpha value is -2.17. The Morgan fingerprint density at radius 2 is 1.96 bits per heavy atom. The van der Waals surface area contributed by atoms with Crippen LogP contribution >= 0.6 is 23.2 Å². The summed E-state index contributed by atoms with van der Waals surface area (Å²) in [6.45, 7) is 2.81. The van der Waals surface area contributed by atoms with E-state index in [0.717, 1.165) is 11.1 Å². The highest BCUT2D eigenvalue weighted by Gasteiger charge is 2.10. The first-order valence-electron chi connectivity index (χ1n) is 8.13. The van der Waals surface area contributed by atoms with Crippen LogP contribution in [-0.2, 0) is 11.3 Å². The molecule has 26 heavy (non-hydrogen) atoms. The molecular weight excluding hydrogens is 373 g/mol. The summed E-state index contributed by atoms with van der Waals surface area (Å²) in [5.41, 5.74) is 1.64. The molecule has 0 aliphatic rings. The molecule has 0 saturated carbocycles. The predicted molar refractivity (Wildman–Crippen MR) is 106 cm³/mol. The molecule has 2 aromatic rings. The number of ether oxygens (including phenoxy) is 2. The molecule has 2 rings (SSSR count). The first-order valence-corrected chi connectivity index (χ1v) is 8.88. The van der Waals surface area contributed by atoms with Crippen molar-refractivity contribution < 1.29 is 14.3 Å². The number of hydrogen-bond donors (Lipinski definition) is 0. The molecule has 4 nitrogen and oxygen atoms in total. The van der Waals surface area contributed by atoms with Gasteiger partial charge in [0.05, 0.1) is 23.8 Å². The number of carbonyl (C=O) groups excluding carboxylic acids is 1. The minimum Gasteiger partial charge on any atom is -0.493 e. The van der Waals surface area contributed by atoms with Gasteiger partial charge in [-0.3, -0.25) is 4.79 Å². The van der Waals surface area contributed by atoms with E-state index in [1.807, 2.05) is 37.3 Å². The van der Waals surface area contributed by atoms with Gasteiger partial charge in [0.25, 0.3) is 0 Å². The highest BCUT2D eigenvalue weighted by Crippen LogP contribution is 2.29. The molecule has 0 radical (unpaired) electrons. The van der Waals surface area contributed by atoms with Gasteiger partial charge in [-0.05, 0) is 42.3 Å². The fraction of sp³-hybridized carbons (Fsp3) is 0.250. The normalized spacial score (nSPS) is 10.8. The largest absolute Gasteiger partial charge is 0.493 e. The summed E-state index contributed by atoms with van der Waals surface area (Å²) in [7, 11) is 3.30. The van der Waals surface area contributed by atoms with Gasteiger partial charge >= 0.3 is 0 Å². The summed E-state index contributed by atoms with van der Waals surface area (Å²) in [6, 6.07) is 10.9. The van der Waals surface area contributed by atoms with E-state index in [4.69, 9.17) is 32.7 Å². The van der Waals surface area contributed by atoms with Crippen LogP contribution in [-0.4, -0.2) is 31.6 Å². The van der Waals surface area contributed by atoms with Gasteiger partial charge < -0.3 is 14.4 Å². The van der Waals surface area contributed by atoms with Crippen LogP contribution < -0.4 is 9.47 Å². The molecule has 2 aromatic carbocycles. The Kier molecular flexibility index (Phi) is 7.37. The van der Waals surface area contributed by atoms with E-state index in [1.165, 1.54) is 6.08 Å². The Bertz CT molecular complexity index is 806. The van der Waals surface area contributed by atoms with Crippen LogP contribution in [0.25, 0.3) is 6.08 Å². The van der Waals surface area contributed by atoms with Gasteiger partial charge in [-0.2, -0.15) is 0 Å². The van der Waals surface area contributed by atoms with Crippen LogP contribution in [0.15, 0.2) is 42.5 Å². The lowest BCUT2D eigenvalue weighted by Gasteiger charge is -2.16. The fourth-order valence-corrected chi connectivity index (χ4v) is 2.74. The quantitative estimate of drug-likeness (QED) is 0.616. The number of likely N-dealkylation sites (N-methyl/N-ethyl adjacent to an activating group) is 1. The monoisotopic (exact) mass is 393 g/mol. The number of hydrogen-bond acceptors (Lipinski definition) is 3. The molecule has 0 heterocycles. The van der Waals surface area contributed by atoms with Gasteiger partial charge in [0.2, 0.25) is 5.91 Å². The summed E-state index contributed by atoms with van der Waals surface area (Å²) >= 11 is 12.2. The number of benzene rings is 2. The smallest absolute Gasteiger partial charge is 0.246 e. The van der Waals surface area contributed by atoms with Crippen molar-refractivity contribution in [3.8, 4) is 11.5 Å². The summed E-state index contributed by atoms with van der Waals surface area (Å²) < 4.78 is 10.8. The molecule has 0 bridgehead atoms. The van der Waals surface area contributed by atoms with Gasteiger partial charge in [-0.1, -0.05) is 41.4 Å². The second kappa shape index (κ2) is 9.51. The number of methoxy groups -OCH3 is 1. The molecule has 0 saturated heterocycles. The number of amides is 1. The minimum absolute atomic E-state index is 0.144. The lowest BCUT2D eigenvalue weighted by Crippen LogP contribution is -2.24. The number of halogens is 2. The first kappa shape index (κ1) is 20.1. The maximum Gasteiger partial charge on any atom is 0.246 e. The predicted octanol–water partition coefficient (Wildman–Crippen LogP) is 5.07. The van der Waals surface area contributed by atoms with E-state index in [9.17, 15) is 4.79 Å². The Morgan fingerprint density at radius 3 is 2.65 bits per heavy atom. The molecule has 0 N–H and O–H groups in total. The molecule has 138 valence electrons. The number of rotatable bonds is 7. The van der Waals surface area contributed by atoms with Gasteiger partial charge in [0, 0.05) is 19.7 Å². The van der Waals surface area contributed by atoms with Crippen molar-refractivity contribution in [2.75, 3.05) is 20.8 Å². The summed E-state index contributed by atoms with van der Waals surface area (Å²) in [6.07, 6.45) is 3.25. The van der Waals surface area contributed by atoms with Crippen LogP contribution in [0.1, 0.15) is 18.1 Å². The van der Waals surface area contributed by atoms with E-state index in [-0.39, 0.29) is 5.91 Å². The molecule has 0 aromatic heterocycles. The zero-order chi connectivity index (χ0) is 19.1. The van der Waals surface area contributed by atoms with E-state index in [1.54, 1.807) is 31.2 Å². The average molecular weight is 394 g/mol. The fourth-order valence-electron chi connectivity index (χ4n) is 2.36. The van der Waals surface area contributed by atoms with E-state index < -0.39 is 0 Å². The molecule has 0 fully saturated rings. The van der Waals surface area contributed by atoms with Crippen molar-refractivity contribution in [3.63, 3.8) is 0 Å². The first-order chi connectivity index (χ1) is 12.5. The highest BCUT2D eigenvalue weighted by atomic mass is 35.5. The molecule has 6 heteroatoms. The molecule has 0 atom stereocenters. The highest BCUT2D eigenvalue weighted by molar-refractivity contribution is 6.42. The van der Waals surface area contributed by atoms with Crippen LogP contribution in [0, 0.1) is 0 Å². The maximum atomic E-state index is 12.4. The number of nitrogens with zero attached hydrogens (tertiary/aromatic N) is 1. The van der Waals surface area contributed by atoms with Crippen LogP contribution in [0.2, 0.25) is 10.0 Å². The Balaban J connectivity index is 2.08. The van der Waals surface area contributed by atoms with E-state index in [0.29, 0.717) is 34.7 Å². The van der Waals surface area contributed by atoms with Gasteiger partial charge in [-0.15, -0.1) is 0 Å². The van der Waals surface area contributed by atoms with Gasteiger partial charge in [0.15, 0.2) is 11.5 Å². The number of carbonyl (C=O) groups is 1. The van der Waals surface area contributed by atoms with E-state index in [2.05, 4.69) is 0 Å². The van der Waals surface area contributed by atoms with Crippen molar-refractivity contribution in [2.45, 2.75) is 13.5 Å². The zero-order valence-electron chi connectivity index (χ0n) is 15.0. The van der Waals surface area contributed by atoms with Gasteiger partial charge in [0.1, 0.15) is 0 Å². The standard InChI is InChI=1S/C20H21Cl2NO3/c1-4-26-18-12-14(8-10-17(18)25-3)9-11-19(24)23(2)13-15-6-5-7-16(21)20(15)22/h5-12H,4,13H2,1-3H3/b11-9+. The third-order valence-electron chi connectivity index (χ3n) is 3.72. The molecular formula is C20H21Cl2NO3. The third kappa shape index (κ3) is 5.16. The Morgan fingerprint density at radius 1 is 1.19 bits per heavy atom. The molecule has 1 amide bonds. The molecule has 0 aliphatic carbocycles. The molecule has 0 unspecified atom stereocenters. The van der Waals surface area contributed by atoms with Crippen molar-refractivity contribution in [2.24, 2.45) is 0 Å². The summed E-state index contributed by atoms with van der Waals surface area (Å²) in [5.74, 6) is 1.15. The topological polar surface area (TPSA) is 38.8 Å². The van der Waals surface area contributed by atoms with Crippen molar-refractivity contribution >= 4 is 35.2 Å². The average Bonchev–Trinajstić information content (AvgIpc) is 2.64. The van der Waals surface area contributed by atoms with Crippen LogP contribution in [0.3, 0.4) is 0 Å². The lowest BCUT2D eigenvalue weighted by molar-refractivity contribution is -0.125. The Labute approximate surface area is 163 Å². The second-order valence-corrected chi connectivity index (χ2v) is 6.37. The lowest BCUT2D eigenvalue weighted by atomic mass is 10.1. The minimum atomic E-state index is -0.144. The van der Waals surface area contributed by atoms with Crippen LogP contribution in [0.5, 0.6) is 11.5 Å². The van der Waals surface area contributed by atoms with Crippen molar-refractivity contribution in [1.29, 1.82) is 0 Å².